The average molecular weight is 455 g/mol. The molecular formula is C25H27FN2O3S. The number of likely N-dealkylation sites (tertiary alicyclic amines) is 1. The van der Waals surface area contributed by atoms with Crippen LogP contribution in [-0.4, -0.2) is 44.2 Å². The lowest BCUT2D eigenvalue weighted by atomic mass is 10.00. The Labute approximate surface area is 192 Å². The van der Waals surface area contributed by atoms with Crippen molar-refractivity contribution >= 4 is 22.9 Å². The molecule has 1 aromatic heterocycles. The van der Waals surface area contributed by atoms with Crippen molar-refractivity contribution in [2.45, 2.75) is 25.4 Å². The van der Waals surface area contributed by atoms with E-state index in [2.05, 4.69) is 21.7 Å². The molecule has 0 N–H and O–H groups in total. The van der Waals surface area contributed by atoms with Gasteiger partial charge in [0.15, 0.2) is 11.5 Å². The lowest BCUT2D eigenvalue weighted by Gasteiger charge is -2.38. The van der Waals surface area contributed by atoms with E-state index in [1.54, 1.807) is 25.6 Å². The third-order valence-electron chi connectivity index (χ3n) is 5.86. The normalized spacial score (nSPS) is 14.8. The van der Waals surface area contributed by atoms with Crippen molar-refractivity contribution in [1.29, 1.82) is 0 Å². The van der Waals surface area contributed by atoms with Gasteiger partial charge in [0.05, 0.1) is 14.2 Å². The van der Waals surface area contributed by atoms with Crippen LogP contribution in [0.1, 0.15) is 28.8 Å². The Morgan fingerprint density at radius 1 is 1.06 bits per heavy atom. The fourth-order valence-electron chi connectivity index (χ4n) is 4.18. The molecule has 0 bridgehead atoms. The second-order valence-corrected chi connectivity index (χ2v) is 8.64. The third-order valence-corrected chi connectivity index (χ3v) is 6.60. The molecule has 1 aliphatic heterocycles. The monoisotopic (exact) mass is 454 g/mol. The number of carbonyl (C=O) groups excluding carboxylic acids is 1. The van der Waals surface area contributed by atoms with Crippen LogP contribution in [0.4, 0.5) is 10.1 Å². The smallest absolute Gasteiger partial charge is 0.258 e. The summed E-state index contributed by atoms with van der Waals surface area (Å²) in [5.41, 5.74) is 2.53. The van der Waals surface area contributed by atoms with Crippen molar-refractivity contribution in [2.24, 2.45) is 0 Å². The predicted molar refractivity (Wildman–Crippen MR) is 125 cm³/mol. The van der Waals surface area contributed by atoms with E-state index in [0.29, 0.717) is 17.1 Å². The van der Waals surface area contributed by atoms with Crippen molar-refractivity contribution < 1.29 is 18.7 Å². The number of rotatable bonds is 7. The molecule has 1 amide bonds. The number of halogens is 1. The van der Waals surface area contributed by atoms with Gasteiger partial charge in [-0.25, -0.2) is 4.39 Å². The summed E-state index contributed by atoms with van der Waals surface area (Å²) in [7, 11) is 3.17. The molecular weight excluding hydrogens is 427 g/mol. The molecule has 3 aromatic rings. The van der Waals surface area contributed by atoms with E-state index in [-0.39, 0.29) is 17.8 Å². The lowest BCUT2D eigenvalue weighted by molar-refractivity contribution is 0.0958. The number of carbonyl (C=O) groups is 1. The summed E-state index contributed by atoms with van der Waals surface area (Å²) in [4.78, 5) is 17.8. The predicted octanol–water partition coefficient (Wildman–Crippen LogP) is 5.22. The first kappa shape index (κ1) is 22.3. The maximum absolute atomic E-state index is 13.6. The van der Waals surface area contributed by atoms with Crippen LogP contribution in [0.25, 0.3) is 0 Å². The van der Waals surface area contributed by atoms with E-state index in [1.807, 2.05) is 23.1 Å². The van der Waals surface area contributed by atoms with Crippen molar-refractivity contribution in [1.82, 2.24) is 4.90 Å². The Balaban J connectivity index is 1.59. The van der Waals surface area contributed by atoms with Gasteiger partial charge in [-0.05, 0) is 71.6 Å². The van der Waals surface area contributed by atoms with Crippen LogP contribution >= 0.6 is 11.3 Å². The van der Waals surface area contributed by atoms with Gasteiger partial charge >= 0.3 is 0 Å². The van der Waals surface area contributed by atoms with Crippen molar-refractivity contribution in [2.75, 3.05) is 32.2 Å². The van der Waals surface area contributed by atoms with Gasteiger partial charge in [0.1, 0.15) is 5.82 Å². The molecule has 7 heteroatoms. The third kappa shape index (κ3) is 4.95. The number of ether oxygens (including phenoxy) is 2. The molecule has 0 radical (unpaired) electrons. The van der Waals surface area contributed by atoms with E-state index >= 15 is 0 Å². The minimum absolute atomic E-state index is 0.0318. The Bertz CT molecular complexity index is 1030. The first-order valence-corrected chi connectivity index (χ1v) is 11.6. The molecule has 2 heterocycles. The van der Waals surface area contributed by atoms with Gasteiger partial charge in [0, 0.05) is 43.0 Å². The first-order chi connectivity index (χ1) is 15.6. The highest BCUT2D eigenvalue weighted by molar-refractivity contribution is 7.07. The number of anilines is 1. The molecule has 2 aromatic carbocycles. The second-order valence-electron chi connectivity index (χ2n) is 7.86. The maximum Gasteiger partial charge on any atom is 0.258 e. The average Bonchev–Trinajstić information content (AvgIpc) is 3.33. The minimum atomic E-state index is -0.360. The summed E-state index contributed by atoms with van der Waals surface area (Å²) < 4.78 is 24.3. The molecule has 1 saturated heterocycles. The summed E-state index contributed by atoms with van der Waals surface area (Å²) in [6.45, 7) is 2.74. The molecule has 1 fully saturated rings. The summed E-state index contributed by atoms with van der Waals surface area (Å²) in [5.74, 6) is 0.669. The Morgan fingerprint density at radius 2 is 1.78 bits per heavy atom. The van der Waals surface area contributed by atoms with Gasteiger partial charge < -0.3 is 14.4 Å². The van der Waals surface area contributed by atoms with E-state index < -0.39 is 0 Å². The van der Waals surface area contributed by atoms with Crippen LogP contribution in [0.2, 0.25) is 0 Å². The largest absolute Gasteiger partial charge is 0.493 e. The molecule has 0 spiro atoms. The van der Waals surface area contributed by atoms with Gasteiger partial charge in [-0.3, -0.25) is 9.69 Å². The highest BCUT2D eigenvalue weighted by Crippen LogP contribution is 2.34. The van der Waals surface area contributed by atoms with Crippen LogP contribution in [0.15, 0.2) is 59.3 Å². The SMILES string of the molecule is COc1ccc(N(C(=O)c2ccc(F)cc2)C2CCN(Cc3ccsc3)CC2)cc1OC. The van der Waals surface area contributed by atoms with Gasteiger partial charge in [0.25, 0.3) is 5.91 Å². The summed E-state index contributed by atoms with van der Waals surface area (Å²) in [5, 5.41) is 4.28. The fourth-order valence-corrected chi connectivity index (χ4v) is 4.84. The van der Waals surface area contributed by atoms with E-state index in [0.717, 1.165) is 38.2 Å². The summed E-state index contributed by atoms with van der Waals surface area (Å²) in [6.07, 6.45) is 1.71. The number of thiophene rings is 1. The second kappa shape index (κ2) is 10.1. The highest BCUT2D eigenvalue weighted by atomic mass is 32.1. The number of piperidine rings is 1. The zero-order valence-electron chi connectivity index (χ0n) is 18.3. The number of hydrogen-bond donors (Lipinski definition) is 0. The molecule has 4 rings (SSSR count). The number of benzene rings is 2. The molecule has 0 aliphatic carbocycles. The number of methoxy groups -OCH3 is 2. The number of nitrogens with zero attached hydrogens (tertiary/aromatic N) is 2. The van der Waals surface area contributed by atoms with Gasteiger partial charge in [-0.2, -0.15) is 11.3 Å². The molecule has 5 nitrogen and oxygen atoms in total. The maximum atomic E-state index is 13.6. The zero-order valence-corrected chi connectivity index (χ0v) is 19.1. The van der Waals surface area contributed by atoms with Gasteiger partial charge in [-0.1, -0.05) is 0 Å². The first-order valence-electron chi connectivity index (χ1n) is 10.6. The van der Waals surface area contributed by atoms with Crippen molar-refractivity contribution in [3.63, 3.8) is 0 Å². The van der Waals surface area contributed by atoms with Crippen molar-refractivity contribution in [3.8, 4) is 11.5 Å². The van der Waals surface area contributed by atoms with Crippen LogP contribution in [0.3, 0.4) is 0 Å². The zero-order chi connectivity index (χ0) is 22.5. The van der Waals surface area contributed by atoms with Crippen LogP contribution < -0.4 is 14.4 Å². The lowest BCUT2D eigenvalue weighted by Crippen LogP contribution is -2.47. The Kier molecular flexibility index (Phi) is 7.07. The van der Waals surface area contributed by atoms with Crippen LogP contribution in [-0.2, 0) is 6.54 Å². The van der Waals surface area contributed by atoms with E-state index in [1.165, 1.54) is 29.8 Å². The number of amides is 1. The summed E-state index contributed by atoms with van der Waals surface area (Å²) >= 11 is 1.71. The Hall–Kier alpha value is -2.90. The molecule has 1 aliphatic rings. The summed E-state index contributed by atoms with van der Waals surface area (Å²) in [6, 6.07) is 13.4. The fraction of sp³-hybridized carbons (Fsp3) is 0.320. The minimum Gasteiger partial charge on any atom is -0.493 e. The van der Waals surface area contributed by atoms with Crippen LogP contribution in [0, 0.1) is 5.82 Å². The standard InChI is InChI=1S/C25H27FN2O3S/c1-30-23-8-7-22(15-24(23)31-2)28(25(29)19-3-5-20(26)6-4-19)21-9-12-27(13-10-21)16-18-11-14-32-17-18/h3-8,11,14-15,17,21H,9-10,12-13,16H2,1-2H3. The van der Waals surface area contributed by atoms with Gasteiger partial charge in [0.2, 0.25) is 0 Å². The van der Waals surface area contributed by atoms with Crippen molar-refractivity contribution in [3.05, 3.63) is 76.2 Å². The highest BCUT2D eigenvalue weighted by Gasteiger charge is 2.30. The topological polar surface area (TPSA) is 42.0 Å². The number of hydrogen-bond acceptors (Lipinski definition) is 5. The van der Waals surface area contributed by atoms with E-state index in [4.69, 9.17) is 9.47 Å². The molecule has 168 valence electrons. The molecule has 0 saturated carbocycles. The molecule has 32 heavy (non-hydrogen) atoms. The van der Waals surface area contributed by atoms with Crippen LogP contribution in [0.5, 0.6) is 11.5 Å². The van der Waals surface area contributed by atoms with Gasteiger partial charge in [-0.15, -0.1) is 0 Å². The molecule has 0 atom stereocenters. The quantitative estimate of drug-likeness (QED) is 0.491. The molecule has 0 unspecified atom stereocenters. The van der Waals surface area contributed by atoms with E-state index in [9.17, 15) is 9.18 Å². The Morgan fingerprint density at radius 3 is 2.41 bits per heavy atom.